The minimum atomic E-state index is -1.83. The Balaban J connectivity index is 5.61. The molecular formula is C17H28N6O10. The molecule has 0 heterocycles. The van der Waals surface area contributed by atoms with Crippen LogP contribution in [0.1, 0.15) is 32.6 Å². The molecule has 0 spiro atoms. The Morgan fingerprint density at radius 3 is 1.67 bits per heavy atom. The Morgan fingerprint density at radius 2 is 1.24 bits per heavy atom. The van der Waals surface area contributed by atoms with Crippen LogP contribution in [0.15, 0.2) is 0 Å². The molecule has 0 radical (unpaired) electrons. The Kier molecular flexibility index (Phi) is 12.0. The summed E-state index contributed by atoms with van der Waals surface area (Å²) < 4.78 is 0. The van der Waals surface area contributed by atoms with Crippen molar-refractivity contribution in [2.45, 2.75) is 62.9 Å². The van der Waals surface area contributed by atoms with Crippen LogP contribution in [-0.4, -0.2) is 87.1 Å². The Morgan fingerprint density at radius 1 is 0.758 bits per heavy atom. The van der Waals surface area contributed by atoms with Crippen LogP contribution in [0.3, 0.4) is 0 Å². The van der Waals surface area contributed by atoms with Gasteiger partial charge in [0.25, 0.3) is 0 Å². The molecular weight excluding hydrogens is 448 g/mol. The average Bonchev–Trinajstić information content (AvgIpc) is 2.67. The zero-order valence-corrected chi connectivity index (χ0v) is 17.6. The van der Waals surface area contributed by atoms with Crippen LogP contribution in [0.2, 0.25) is 0 Å². The molecule has 0 saturated heterocycles. The van der Waals surface area contributed by atoms with Crippen molar-refractivity contribution in [3.63, 3.8) is 0 Å². The standard InChI is InChI=1S/C17H28N6O10/c1-6(24)13(20)16(31)21-7(2-3-10(18)25)14(29)22-8(5-12(27)28)15(30)23-9(17(32)33)4-11(19)26/h6-9,13,24H,2-5,20H2,1H3,(H2,18,25)(H2,19,26)(H,21,31)(H,22,29)(H,23,30)(H,27,28)(H,32,33). The van der Waals surface area contributed by atoms with Gasteiger partial charge < -0.3 is 48.5 Å². The predicted molar refractivity (Wildman–Crippen MR) is 108 cm³/mol. The first-order chi connectivity index (χ1) is 15.1. The molecule has 0 aliphatic carbocycles. The number of nitrogens with one attached hydrogen (secondary N) is 3. The number of hydrogen-bond donors (Lipinski definition) is 9. The van der Waals surface area contributed by atoms with Crippen LogP contribution in [-0.2, 0) is 33.6 Å². The summed E-state index contributed by atoms with van der Waals surface area (Å²) in [6.07, 6.45) is -3.85. The Hall–Kier alpha value is -3.79. The summed E-state index contributed by atoms with van der Waals surface area (Å²) in [7, 11) is 0. The fraction of sp³-hybridized carbons (Fsp3) is 0.588. The van der Waals surface area contributed by atoms with Crippen molar-refractivity contribution in [3.05, 3.63) is 0 Å². The summed E-state index contributed by atoms with van der Waals surface area (Å²) in [5, 5.41) is 33.6. The van der Waals surface area contributed by atoms with Crippen LogP contribution in [0, 0.1) is 0 Å². The highest BCUT2D eigenvalue weighted by Crippen LogP contribution is 2.03. The molecule has 33 heavy (non-hydrogen) atoms. The van der Waals surface area contributed by atoms with E-state index in [1.54, 1.807) is 0 Å². The molecule has 0 bridgehead atoms. The summed E-state index contributed by atoms with van der Waals surface area (Å²) in [4.78, 5) is 81.5. The van der Waals surface area contributed by atoms with E-state index in [0.717, 1.165) is 0 Å². The van der Waals surface area contributed by atoms with E-state index >= 15 is 0 Å². The first kappa shape index (κ1) is 29.2. The fourth-order valence-electron chi connectivity index (χ4n) is 2.37. The summed E-state index contributed by atoms with van der Waals surface area (Å²) >= 11 is 0. The summed E-state index contributed by atoms with van der Waals surface area (Å²) in [6, 6.07) is -6.59. The minimum Gasteiger partial charge on any atom is -0.481 e. The molecule has 5 amide bonds. The highest BCUT2D eigenvalue weighted by atomic mass is 16.4. The van der Waals surface area contributed by atoms with Crippen LogP contribution < -0.4 is 33.2 Å². The number of carbonyl (C=O) groups excluding carboxylic acids is 5. The van der Waals surface area contributed by atoms with E-state index in [0.29, 0.717) is 0 Å². The average molecular weight is 476 g/mol. The topological polar surface area (TPSA) is 294 Å². The number of primary amides is 2. The third-order valence-corrected chi connectivity index (χ3v) is 4.17. The van der Waals surface area contributed by atoms with Crippen LogP contribution in [0.4, 0.5) is 0 Å². The largest absolute Gasteiger partial charge is 0.481 e. The second-order valence-corrected chi connectivity index (χ2v) is 7.06. The lowest BCUT2D eigenvalue weighted by atomic mass is 10.1. The van der Waals surface area contributed by atoms with E-state index in [1.807, 2.05) is 10.6 Å². The van der Waals surface area contributed by atoms with Gasteiger partial charge in [-0.05, 0) is 13.3 Å². The van der Waals surface area contributed by atoms with E-state index in [4.69, 9.17) is 27.4 Å². The van der Waals surface area contributed by atoms with Gasteiger partial charge in [-0.25, -0.2) is 4.79 Å². The lowest BCUT2D eigenvalue weighted by Crippen LogP contribution is -2.58. The number of hydrogen-bond acceptors (Lipinski definition) is 9. The van der Waals surface area contributed by atoms with E-state index in [2.05, 4.69) is 5.32 Å². The number of aliphatic hydroxyl groups excluding tert-OH is 1. The predicted octanol–water partition coefficient (Wildman–Crippen LogP) is -5.15. The maximum Gasteiger partial charge on any atom is 0.326 e. The molecule has 16 heteroatoms. The van der Waals surface area contributed by atoms with E-state index in [-0.39, 0.29) is 6.42 Å². The summed E-state index contributed by atoms with van der Waals surface area (Å²) in [6.45, 7) is 1.21. The number of amides is 5. The van der Waals surface area contributed by atoms with Crippen LogP contribution >= 0.6 is 0 Å². The monoisotopic (exact) mass is 476 g/mol. The normalized spacial score (nSPS) is 15.1. The van der Waals surface area contributed by atoms with Crippen molar-refractivity contribution in [1.82, 2.24) is 16.0 Å². The second kappa shape index (κ2) is 13.6. The minimum absolute atomic E-state index is 0.361. The molecule has 16 nitrogen and oxygen atoms in total. The van der Waals surface area contributed by atoms with Gasteiger partial charge in [-0.2, -0.15) is 0 Å². The van der Waals surface area contributed by atoms with Crippen molar-refractivity contribution in [1.29, 1.82) is 0 Å². The van der Waals surface area contributed by atoms with Crippen molar-refractivity contribution in [2.75, 3.05) is 0 Å². The van der Waals surface area contributed by atoms with Gasteiger partial charge in [0.05, 0.1) is 18.9 Å². The molecule has 0 aliphatic rings. The van der Waals surface area contributed by atoms with Crippen molar-refractivity contribution < 1.29 is 48.9 Å². The highest BCUT2D eigenvalue weighted by Gasteiger charge is 2.32. The number of aliphatic hydroxyl groups is 1. The first-order valence-electron chi connectivity index (χ1n) is 9.51. The van der Waals surface area contributed by atoms with Gasteiger partial charge in [0.15, 0.2) is 0 Å². The molecule has 0 aliphatic heterocycles. The molecule has 12 N–H and O–H groups in total. The Bertz CT molecular complexity index is 786. The van der Waals surface area contributed by atoms with Crippen molar-refractivity contribution in [3.8, 4) is 0 Å². The number of carbonyl (C=O) groups is 7. The smallest absolute Gasteiger partial charge is 0.326 e. The summed E-state index contributed by atoms with van der Waals surface area (Å²) in [5.41, 5.74) is 15.4. The number of aliphatic carboxylic acids is 2. The third kappa shape index (κ3) is 11.4. The number of rotatable bonds is 15. The first-order valence-corrected chi connectivity index (χ1v) is 9.51. The van der Waals surface area contributed by atoms with E-state index in [1.165, 1.54) is 6.92 Å². The van der Waals surface area contributed by atoms with Crippen molar-refractivity contribution in [2.24, 2.45) is 17.2 Å². The fourth-order valence-corrected chi connectivity index (χ4v) is 2.37. The van der Waals surface area contributed by atoms with Gasteiger partial charge in [-0.1, -0.05) is 0 Å². The third-order valence-electron chi connectivity index (χ3n) is 4.17. The molecule has 0 fully saturated rings. The molecule has 0 aromatic rings. The van der Waals surface area contributed by atoms with Gasteiger partial charge in [0.1, 0.15) is 24.2 Å². The Labute approximate surface area is 187 Å². The second-order valence-electron chi connectivity index (χ2n) is 7.06. The van der Waals surface area contributed by atoms with Gasteiger partial charge in [-0.3, -0.25) is 28.8 Å². The molecule has 186 valence electrons. The van der Waals surface area contributed by atoms with Crippen molar-refractivity contribution >= 4 is 41.5 Å². The van der Waals surface area contributed by atoms with Crippen LogP contribution in [0.25, 0.3) is 0 Å². The molecule has 0 aromatic carbocycles. The molecule has 0 aromatic heterocycles. The lowest BCUT2D eigenvalue weighted by Gasteiger charge is -2.24. The zero-order chi connectivity index (χ0) is 25.9. The molecule has 0 saturated carbocycles. The van der Waals surface area contributed by atoms with Gasteiger partial charge >= 0.3 is 11.9 Å². The van der Waals surface area contributed by atoms with Gasteiger partial charge in [0, 0.05) is 6.42 Å². The van der Waals surface area contributed by atoms with Crippen LogP contribution in [0.5, 0.6) is 0 Å². The maximum absolute atomic E-state index is 12.6. The maximum atomic E-state index is 12.6. The quantitative estimate of drug-likeness (QED) is 0.108. The SMILES string of the molecule is CC(O)C(N)C(=O)NC(CCC(N)=O)C(=O)NC(CC(=O)O)C(=O)NC(CC(N)=O)C(=O)O. The number of nitrogens with two attached hydrogens (primary N) is 3. The van der Waals surface area contributed by atoms with E-state index < -0.39 is 91.0 Å². The lowest BCUT2D eigenvalue weighted by molar-refractivity contribution is -0.145. The molecule has 5 atom stereocenters. The van der Waals surface area contributed by atoms with Gasteiger partial charge in [0.2, 0.25) is 29.5 Å². The number of carboxylic acid groups (broad SMARTS) is 2. The van der Waals surface area contributed by atoms with E-state index in [9.17, 15) is 38.7 Å². The zero-order valence-electron chi connectivity index (χ0n) is 17.6. The highest BCUT2D eigenvalue weighted by molar-refractivity contribution is 5.96. The van der Waals surface area contributed by atoms with Gasteiger partial charge in [-0.15, -0.1) is 0 Å². The molecule has 5 unspecified atom stereocenters. The number of carboxylic acids is 2. The summed E-state index contributed by atoms with van der Waals surface area (Å²) in [5.74, 6) is -8.46. The molecule has 0 rings (SSSR count).